The quantitative estimate of drug-likeness (QED) is 0.942. The van der Waals surface area contributed by atoms with Crippen LogP contribution in [0.2, 0.25) is 0 Å². The van der Waals surface area contributed by atoms with Crippen molar-refractivity contribution in [3.05, 3.63) is 59.0 Å². The fraction of sp³-hybridized carbons (Fsp3) is 0.421. The van der Waals surface area contributed by atoms with Crippen molar-refractivity contribution in [1.82, 2.24) is 10.2 Å². The molecule has 1 aliphatic rings. The lowest BCUT2D eigenvalue weighted by atomic mass is 10.0. The van der Waals surface area contributed by atoms with Gasteiger partial charge in [0.15, 0.2) is 5.76 Å². The highest BCUT2D eigenvalue weighted by molar-refractivity contribution is 5.93. The number of aryl methyl sites for hydroxylation is 1. The molecule has 23 heavy (non-hydrogen) atoms. The second-order valence-corrected chi connectivity index (χ2v) is 6.33. The van der Waals surface area contributed by atoms with Crippen molar-refractivity contribution in [2.45, 2.75) is 39.3 Å². The molecule has 1 unspecified atom stereocenters. The Kier molecular flexibility index (Phi) is 4.82. The summed E-state index contributed by atoms with van der Waals surface area (Å²) in [5.41, 5.74) is 3.26. The molecule has 1 aromatic heterocycles. The Bertz CT molecular complexity index is 663. The molecule has 0 spiro atoms. The fourth-order valence-electron chi connectivity index (χ4n) is 3.04. The summed E-state index contributed by atoms with van der Waals surface area (Å²) in [7, 11) is 0. The molecule has 1 saturated heterocycles. The van der Waals surface area contributed by atoms with Crippen LogP contribution in [-0.2, 0) is 6.54 Å². The summed E-state index contributed by atoms with van der Waals surface area (Å²) < 4.78 is 5.46. The maximum Gasteiger partial charge on any atom is 0.289 e. The van der Waals surface area contributed by atoms with Crippen LogP contribution < -0.4 is 5.32 Å². The zero-order valence-corrected chi connectivity index (χ0v) is 13.8. The molecule has 0 radical (unpaired) electrons. The van der Waals surface area contributed by atoms with E-state index in [1.54, 1.807) is 6.26 Å². The minimum atomic E-state index is 0.0156. The predicted octanol–water partition coefficient (Wildman–Crippen LogP) is 3.29. The van der Waals surface area contributed by atoms with Crippen LogP contribution in [0, 0.1) is 13.8 Å². The molecule has 1 aromatic carbocycles. The number of nitrogens with zero attached hydrogens (tertiary/aromatic N) is 1. The van der Waals surface area contributed by atoms with Gasteiger partial charge in [-0.05, 0) is 37.8 Å². The Morgan fingerprint density at radius 3 is 2.78 bits per heavy atom. The van der Waals surface area contributed by atoms with Gasteiger partial charge in [0.1, 0.15) is 0 Å². The maximum absolute atomic E-state index is 12.7. The number of piperidine rings is 1. The lowest BCUT2D eigenvalue weighted by molar-refractivity contribution is 0.0661. The number of hydrogen-bond acceptors (Lipinski definition) is 3. The van der Waals surface area contributed by atoms with Gasteiger partial charge in [0.05, 0.1) is 6.26 Å². The van der Waals surface area contributed by atoms with Crippen molar-refractivity contribution in [3.63, 3.8) is 0 Å². The summed E-state index contributed by atoms with van der Waals surface area (Å²) in [4.78, 5) is 14.6. The summed E-state index contributed by atoms with van der Waals surface area (Å²) in [5.74, 6) is 0.507. The van der Waals surface area contributed by atoms with Crippen LogP contribution in [0.25, 0.3) is 0 Å². The fourth-order valence-corrected chi connectivity index (χ4v) is 3.04. The van der Waals surface area contributed by atoms with Crippen LogP contribution in [0.5, 0.6) is 0 Å². The number of furan rings is 1. The van der Waals surface area contributed by atoms with Crippen LogP contribution in [-0.4, -0.2) is 29.9 Å². The van der Waals surface area contributed by atoms with E-state index in [0.717, 1.165) is 43.6 Å². The third kappa shape index (κ3) is 3.64. The molecule has 122 valence electrons. The second kappa shape index (κ2) is 7.01. The summed E-state index contributed by atoms with van der Waals surface area (Å²) in [6, 6.07) is 10.7. The average Bonchev–Trinajstić information content (AvgIpc) is 2.93. The van der Waals surface area contributed by atoms with Gasteiger partial charge in [0, 0.05) is 31.2 Å². The normalized spacial score (nSPS) is 18.2. The number of hydrogen-bond donors (Lipinski definition) is 1. The largest absolute Gasteiger partial charge is 0.459 e. The number of likely N-dealkylation sites (tertiary alicyclic amines) is 1. The zero-order valence-electron chi connectivity index (χ0n) is 13.8. The van der Waals surface area contributed by atoms with E-state index in [1.807, 2.05) is 24.8 Å². The minimum absolute atomic E-state index is 0.0156. The van der Waals surface area contributed by atoms with Gasteiger partial charge in [-0.25, -0.2) is 0 Å². The van der Waals surface area contributed by atoms with E-state index in [1.165, 1.54) is 5.56 Å². The van der Waals surface area contributed by atoms with Gasteiger partial charge in [0.25, 0.3) is 5.91 Å². The van der Waals surface area contributed by atoms with Gasteiger partial charge < -0.3 is 14.6 Å². The van der Waals surface area contributed by atoms with Gasteiger partial charge in [-0.15, -0.1) is 0 Å². The lowest BCUT2D eigenvalue weighted by Crippen LogP contribution is -2.47. The second-order valence-electron chi connectivity index (χ2n) is 6.33. The van der Waals surface area contributed by atoms with Gasteiger partial charge in [0.2, 0.25) is 0 Å². The first-order valence-corrected chi connectivity index (χ1v) is 8.26. The molecule has 2 aromatic rings. The Balaban J connectivity index is 1.59. The summed E-state index contributed by atoms with van der Waals surface area (Å²) in [5, 5.41) is 3.57. The Hall–Kier alpha value is -2.07. The molecule has 1 atom stereocenters. The summed E-state index contributed by atoms with van der Waals surface area (Å²) >= 11 is 0. The first-order valence-electron chi connectivity index (χ1n) is 8.26. The van der Waals surface area contributed by atoms with E-state index in [9.17, 15) is 4.79 Å². The van der Waals surface area contributed by atoms with Crippen LogP contribution in [0.3, 0.4) is 0 Å². The standard InChI is InChI=1S/C19H24N2O2/c1-14-13-23-18(15(14)2)19(22)21-10-6-9-17(12-21)20-11-16-7-4-3-5-8-16/h3-5,7-8,13,17,20H,6,9-12H2,1-2H3. The van der Waals surface area contributed by atoms with E-state index in [2.05, 4.69) is 29.6 Å². The summed E-state index contributed by atoms with van der Waals surface area (Å²) in [6.45, 7) is 6.30. The predicted molar refractivity (Wildman–Crippen MR) is 90.4 cm³/mol. The van der Waals surface area contributed by atoms with Crippen molar-refractivity contribution >= 4 is 5.91 Å². The van der Waals surface area contributed by atoms with Gasteiger partial charge >= 0.3 is 0 Å². The number of amides is 1. The molecule has 0 aliphatic carbocycles. The van der Waals surface area contributed by atoms with Gasteiger partial charge in [-0.2, -0.15) is 0 Å². The Labute approximate surface area is 137 Å². The van der Waals surface area contributed by atoms with Crippen LogP contribution >= 0.6 is 0 Å². The topological polar surface area (TPSA) is 45.5 Å². The molecule has 1 N–H and O–H groups in total. The number of nitrogens with one attached hydrogen (secondary N) is 1. The molecule has 4 heteroatoms. The van der Waals surface area contributed by atoms with Crippen molar-refractivity contribution in [2.24, 2.45) is 0 Å². The highest BCUT2D eigenvalue weighted by Gasteiger charge is 2.27. The van der Waals surface area contributed by atoms with Gasteiger partial charge in [-0.1, -0.05) is 30.3 Å². The Morgan fingerprint density at radius 1 is 1.30 bits per heavy atom. The number of rotatable bonds is 4. The van der Waals surface area contributed by atoms with Crippen molar-refractivity contribution in [2.75, 3.05) is 13.1 Å². The van der Waals surface area contributed by atoms with E-state index in [-0.39, 0.29) is 5.91 Å². The van der Waals surface area contributed by atoms with Crippen LogP contribution in [0.1, 0.15) is 40.1 Å². The minimum Gasteiger partial charge on any atom is -0.459 e. The van der Waals surface area contributed by atoms with Gasteiger partial charge in [-0.3, -0.25) is 4.79 Å². The first-order chi connectivity index (χ1) is 11.1. The van der Waals surface area contributed by atoms with Crippen molar-refractivity contribution in [3.8, 4) is 0 Å². The van der Waals surface area contributed by atoms with Crippen LogP contribution in [0.4, 0.5) is 0 Å². The molecule has 1 aliphatic heterocycles. The highest BCUT2D eigenvalue weighted by Crippen LogP contribution is 2.20. The average molecular weight is 312 g/mol. The van der Waals surface area contributed by atoms with E-state index < -0.39 is 0 Å². The number of carbonyl (C=O) groups excluding carboxylic acids is 1. The maximum atomic E-state index is 12.7. The van der Waals surface area contributed by atoms with E-state index in [0.29, 0.717) is 11.8 Å². The molecule has 2 heterocycles. The molecular formula is C19H24N2O2. The molecule has 4 nitrogen and oxygen atoms in total. The smallest absolute Gasteiger partial charge is 0.289 e. The molecule has 1 amide bonds. The third-order valence-electron chi connectivity index (χ3n) is 4.63. The van der Waals surface area contributed by atoms with E-state index in [4.69, 9.17) is 4.42 Å². The van der Waals surface area contributed by atoms with E-state index >= 15 is 0 Å². The first kappa shape index (κ1) is 15.8. The third-order valence-corrected chi connectivity index (χ3v) is 4.63. The molecule has 1 fully saturated rings. The van der Waals surface area contributed by atoms with Crippen LogP contribution in [0.15, 0.2) is 41.0 Å². The molecule has 0 bridgehead atoms. The summed E-state index contributed by atoms with van der Waals surface area (Å²) in [6.07, 6.45) is 3.79. The molecule has 3 rings (SSSR count). The molecular weight excluding hydrogens is 288 g/mol. The SMILES string of the molecule is Cc1coc(C(=O)N2CCCC(NCc3ccccc3)C2)c1C. The Morgan fingerprint density at radius 2 is 2.09 bits per heavy atom. The number of carbonyl (C=O) groups is 1. The number of benzene rings is 1. The molecule has 0 saturated carbocycles. The monoisotopic (exact) mass is 312 g/mol. The van der Waals surface area contributed by atoms with Crippen molar-refractivity contribution in [1.29, 1.82) is 0 Å². The lowest BCUT2D eigenvalue weighted by Gasteiger charge is -2.33. The zero-order chi connectivity index (χ0) is 16.2. The highest BCUT2D eigenvalue weighted by atomic mass is 16.3. The van der Waals surface area contributed by atoms with Crippen molar-refractivity contribution < 1.29 is 9.21 Å².